The number of hydrogen-bond acceptors (Lipinski definition) is 7. The van der Waals surface area contributed by atoms with E-state index in [1.54, 1.807) is 10.9 Å². The number of morpholine rings is 1. The van der Waals surface area contributed by atoms with Crippen LogP contribution in [-0.2, 0) is 4.74 Å². The normalized spacial score (nSPS) is 18.9. The van der Waals surface area contributed by atoms with E-state index < -0.39 is 0 Å². The summed E-state index contributed by atoms with van der Waals surface area (Å²) < 4.78 is 7.29. The molecule has 0 atom stereocenters. The third-order valence-corrected chi connectivity index (χ3v) is 5.31. The molecule has 5 rings (SSSR count). The number of rotatable bonds is 3. The number of hydrogen-bond donors (Lipinski definition) is 1. The first-order valence-corrected chi connectivity index (χ1v) is 9.60. The summed E-state index contributed by atoms with van der Waals surface area (Å²) in [5.74, 6) is 1.96. The second kappa shape index (κ2) is 7.21. The highest BCUT2D eigenvalue weighted by atomic mass is 16.5. The molecule has 0 spiro atoms. The summed E-state index contributed by atoms with van der Waals surface area (Å²) in [5, 5.41) is 8.20. The highest BCUT2D eigenvalue weighted by Crippen LogP contribution is 2.26. The van der Waals surface area contributed by atoms with Crippen LogP contribution in [0.1, 0.15) is 24.5 Å². The fraction of sp³-hybridized carbons (Fsp3) is 0.474. The molecule has 0 saturated carbocycles. The smallest absolute Gasteiger partial charge is 0.253 e. The van der Waals surface area contributed by atoms with E-state index in [1.807, 2.05) is 18.3 Å². The van der Waals surface area contributed by atoms with Crippen molar-refractivity contribution < 1.29 is 4.74 Å². The SMILES string of the molecule is c1cnc2c(N3CCOCC3)nc(-n3ccc(C4CCNCC4)n3)nc2c1. The van der Waals surface area contributed by atoms with E-state index in [4.69, 9.17) is 19.8 Å². The van der Waals surface area contributed by atoms with E-state index in [0.29, 0.717) is 25.1 Å². The quantitative estimate of drug-likeness (QED) is 0.753. The van der Waals surface area contributed by atoms with Gasteiger partial charge in [0.15, 0.2) is 5.82 Å². The molecule has 8 heteroatoms. The molecule has 2 aliphatic rings. The summed E-state index contributed by atoms with van der Waals surface area (Å²) in [7, 11) is 0. The Morgan fingerprint density at radius 1 is 1.07 bits per heavy atom. The average molecular weight is 365 g/mol. The molecule has 0 amide bonds. The lowest BCUT2D eigenvalue weighted by molar-refractivity contribution is 0.122. The first-order chi connectivity index (χ1) is 13.4. The number of aromatic nitrogens is 5. The Hall–Kier alpha value is -2.58. The molecule has 0 unspecified atom stereocenters. The first-order valence-electron chi connectivity index (χ1n) is 9.60. The minimum absolute atomic E-state index is 0.508. The lowest BCUT2D eigenvalue weighted by Crippen LogP contribution is -2.37. The summed E-state index contributed by atoms with van der Waals surface area (Å²) in [6, 6.07) is 5.99. The van der Waals surface area contributed by atoms with Crippen LogP contribution in [0.5, 0.6) is 0 Å². The van der Waals surface area contributed by atoms with Gasteiger partial charge in [-0.05, 0) is 44.1 Å². The Balaban J connectivity index is 1.54. The summed E-state index contributed by atoms with van der Waals surface area (Å²) in [5.41, 5.74) is 2.79. The Bertz CT molecular complexity index is 929. The third kappa shape index (κ3) is 3.26. The van der Waals surface area contributed by atoms with Crippen LogP contribution in [0.3, 0.4) is 0 Å². The van der Waals surface area contributed by atoms with Gasteiger partial charge in [-0.3, -0.25) is 4.98 Å². The number of nitrogens with zero attached hydrogens (tertiary/aromatic N) is 6. The molecule has 3 aromatic heterocycles. The summed E-state index contributed by atoms with van der Waals surface area (Å²) in [6.07, 6.45) is 6.01. The van der Waals surface area contributed by atoms with Gasteiger partial charge in [-0.25, -0.2) is 9.67 Å². The molecule has 2 fully saturated rings. The van der Waals surface area contributed by atoms with Crippen molar-refractivity contribution in [3.05, 3.63) is 36.3 Å². The first kappa shape index (κ1) is 16.6. The van der Waals surface area contributed by atoms with Crippen molar-refractivity contribution in [3.63, 3.8) is 0 Å². The summed E-state index contributed by atoms with van der Waals surface area (Å²) in [6.45, 7) is 5.13. The van der Waals surface area contributed by atoms with Crippen molar-refractivity contribution in [1.82, 2.24) is 30.0 Å². The molecule has 0 radical (unpaired) electrons. The zero-order valence-electron chi connectivity index (χ0n) is 15.2. The minimum atomic E-state index is 0.508. The fourth-order valence-electron chi connectivity index (χ4n) is 3.82. The fourth-order valence-corrected chi connectivity index (χ4v) is 3.82. The van der Waals surface area contributed by atoms with Crippen molar-refractivity contribution in [2.75, 3.05) is 44.3 Å². The molecular weight excluding hydrogens is 342 g/mol. The van der Waals surface area contributed by atoms with Gasteiger partial charge in [-0.1, -0.05) is 0 Å². The summed E-state index contributed by atoms with van der Waals surface area (Å²) in [4.78, 5) is 16.3. The van der Waals surface area contributed by atoms with Gasteiger partial charge < -0.3 is 15.0 Å². The van der Waals surface area contributed by atoms with Gasteiger partial charge in [0.1, 0.15) is 5.52 Å². The Morgan fingerprint density at radius 3 is 2.78 bits per heavy atom. The second-order valence-electron chi connectivity index (χ2n) is 7.03. The molecular formula is C19H23N7O. The minimum Gasteiger partial charge on any atom is -0.378 e. The molecule has 2 aliphatic heterocycles. The molecule has 2 saturated heterocycles. The molecule has 0 aromatic carbocycles. The zero-order chi connectivity index (χ0) is 18.1. The number of ether oxygens (including phenoxy) is 1. The predicted octanol–water partition coefficient (Wildman–Crippen LogP) is 1.51. The lowest BCUT2D eigenvalue weighted by atomic mass is 9.95. The molecule has 0 aliphatic carbocycles. The lowest BCUT2D eigenvalue weighted by Gasteiger charge is -2.28. The highest BCUT2D eigenvalue weighted by molar-refractivity contribution is 5.86. The Morgan fingerprint density at radius 2 is 1.93 bits per heavy atom. The molecule has 27 heavy (non-hydrogen) atoms. The third-order valence-electron chi connectivity index (χ3n) is 5.31. The number of fused-ring (bicyclic) bond motifs is 1. The molecule has 0 bridgehead atoms. The van der Waals surface area contributed by atoms with Gasteiger partial charge in [0.05, 0.1) is 24.4 Å². The van der Waals surface area contributed by atoms with Gasteiger partial charge in [0.2, 0.25) is 0 Å². The van der Waals surface area contributed by atoms with Gasteiger partial charge >= 0.3 is 0 Å². The maximum absolute atomic E-state index is 5.49. The van der Waals surface area contributed by atoms with Crippen LogP contribution in [0.4, 0.5) is 5.82 Å². The monoisotopic (exact) mass is 365 g/mol. The van der Waals surface area contributed by atoms with Crippen LogP contribution < -0.4 is 10.2 Å². The van der Waals surface area contributed by atoms with Crippen molar-refractivity contribution in [2.24, 2.45) is 0 Å². The number of nitrogens with one attached hydrogen (secondary N) is 1. The van der Waals surface area contributed by atoms with Crippen molar-refractivity contribution in [3.8, 4) is 5.95 Å². The van der Waals surface area contributed by atoms with Gasteiger partial charge in [-0.2, -0.15) is 10.1 Å². The van der Waals surface area contributed by atoms with Crippen LogP contribution in [0.25, 0.3) is 17.0 Å². The molecule has 140 valence electrons. The van der Waals surface area contributed by atoms with E-state index in [0.717, 1.165) is 61.6 Å². The van der Waals surface area contributed by atoms with Crippen LogP contribution in [0.15, 0.2) is 30.6 Å². The molecule has 1 N–H and O–H groups in total. The topological polar surface area (TPSA) is 81.0 Å². The summed E-state index contributed by atoms with van der Waals surface area (Å²) >= 11 is 0. The van der Waals surface area contributed by atoms with Crippen LogP contribution in [0, 0.1) is 0 Å². The van der Waals surface area contributed by atoms with Crippen molar-refractivity contribution >= 4 is 16.9 Å². The second-order valence-corrected chi connectivity index (χ2v) is 7.03. The maximum Gasteiger partial charge on any atom is 0.253 e. The average Bonchev–Trinajstić information content (AvgIpc) is 3.25. The predicted molar refractivity (Wildman–Crippen MR) is 102 cm³/mol. The van der Waals surface area contributed by atoms with E-state index in [1.165, 1.54) is 0 Å². The van der Waals surface area contributed by atoms with Crippen LogP contribution in [-0.4, -0.2) is 64.1 Å². The largest absolute Gasteiger partial charge is 0.378 e. The molecule has 3 aromatic rings. The van der Waals surface area contributed by atoms with E-state index in [9.17, 15) is 0 Å². The number of anilines is 1. The van der Waals surface area contributed by atoms with Crippen LogP contribution >= 0.6 is 0 Å². The number of piperidine rings is 1. The van der Waals surface area contributed by atoms with Crippen molar-refractivity contribution in [2.45, 2.75) is 18.8 Å². The molecule has 5 heterocycles. The van der Waals surface area contributed by atoms with E-state index in [2.05, 4.69) is 21.3 Å². The van der Waals surface area contributed by atoms with Gasteiger partial charge in [0.25, 0.3) is 5.95 Å². The van der Waals surface area contributed by atoms with Gasteiger partial charge in [-0.15, -0.1) is 0 Å². The standard InChI is InChI=1S/C19H23N7O/c1-2-16-17(21-6-1)18(25-10-12-27-13-11-25)23-19(22-16)26-9-5-15(24-26)14-3-7-20-8-4-14/h1-2,5-6,9,14,20H,3-4,7-8,10-13H2. The Kier molecular flexibility index (Phi) is 4.43. The van der Waals surface area contributed by atoms with E-state index in [-0.39, 0.29) is 0 Å². The van der Waals surface area contributed by atoms with Crippen LogP contribution in [0.2, 0.25) is 0 Å². The van der Waals surface area contributed by atoms with Crippen molar-refractivity contribution in [1.29, 1.82) is 0 Å². The number of pyridine rings is 1. The Labute approximate surface area is 157 Å². The molecule has 8 nitrogen and oxygen atoms in total. The maximum atomic E-state index is 5.49. The van der Waals surface area contributed by atoms with Gasteiger partial charge in [0, 0.05) is 31.4 Å². The highest BCUT2D eigenvalue weighted by Gasteiger charge is 2.21. The van der Waals surface area contributed by atoms with E-state index >= 15 is 0 Å². The zero-order valence-corrected chi connectivity index (χ0v) is 15.2.